The smallest absolute Gasteiger partial charge is 0.224 e. The predicted octanol–water partition coefficient (Wildman–Crippen LogP) is 1.95. The third-order valence-electron chi connectivity index (χ3n) is 3.68. The van der Waals surface area contributed by atoms with Gasteiger partial charge in [-0.2, -0.15) is 0 Å². The van der Waals surface area contributed by atoms with E-state index in [-0.39, 0.29) is 10.8 Å². The molecule has 2 N–H and O–H groups in total. The summed E-state index contributed by atoms with van der Waals surface area (Å²) in [5.41, 5.74) is 0.527. The number of carbonyl (C=O) groups excluding carboxylic acids is 1. The summed E-state index contributed by atoms with van der Waals surface area (Å²) < 4.78 is 23.0. The molecule has 0 aromatic heterocycles. The lowest BCUT2D eigenvalue weighted by molar-refractivity contribution is -0.116. The molecule has 0 radical (unpaired) electrons. The standard InChI is InChI=1S/C15H22N2O3S/c1-21(19,20)14-7-4-6-13(11-14)17-15(18)9-8-12-5-2-3-10-16-12/h4,6-7,11-12,16H,2-3,5,8-10H2,1H3,(H,17,18). The quantitative estimate of drug-likeness (QED) is 0.871. The average molecular weight is 310 g/mol. The van der Waals surface area contributed by atoms with Gasteiger partial charge in [0, 0.05) is 24.4 Å². The summed E-state index contributed by atoms with van der Waals surface area (Å²) >= 11 is 0. The van der Waals surface area contributed by atoms with Crippen molar-refractivity contribution in [1.82, 2.24) is 5.32 Å². The molecule has 1 unspecified atom stereocenters. The van der Waals surface area contributed by atoms with Crippen LogP contribution in [0.2, 0.25) is 0 Å². The summed E-state index contributed by atoms with van der Waals surface area (Å²) in [6.07, 6.45) is 5.97. The van der Waals surface area contributed by atoms with Crippen LogP contribution in [0.3, 0.4) is 0 Å². The van der Waals surface area contributed by atoms with Crippen LogP contribution in [0.1, 0.15) is 32.1 Å². The maximum Gasteiger partial charge on any atom is 0.224 e. The highest BCUT2D eigenvalue weighted by molar-refractivity contribution is 7.90. The first-order valence-corrected chi connectivity index (χ1v) is 9.17. The van der Waals surface area contributed by atoms with Gasteiger partial charge < -0.3 is 10.6 Å². The van der Waals surface area contributed by atoms with Crippen molar-refractivity contribution < 1.29 is 13.2 Å². The van der Waals surface area contributed by atoms with Crippen molar-refractivity contribution in [1.29, 1.82) is 0 Å². The van der Waals surface area contributed by atoms with Gasteiger partial charge in [0.2, 0.25) is 5.91 Å². The molecule has 6 heteroatoms. The minimum absolute atomic E-state index is 0.0759. The maximum atomic E-state index is 11.9. The number of hydrogen-bond donors (Lipinski definition) is 2. The van der Waals surface area contributed by atoms with Crippen LogP contribution in [0.5, 0.6) is 0 Å². The van der Waals surface area contributed by atoms with Crippen molar-refractivity contribution in [3.05, 3.63) is 24.3 Å². The lowest BCUT2D eigenvalue weighted by Crippen LogP contribution is -2.34. The third kappa shape index (κ3) is 5.13. The van der Waals surface area contributed by atoms with Crippen molar-refractivity contribution >= 4 is 21.4 Å². The lowest BCUT2D eigenvalue weighted by Gasteiger charge is -2.23. The molecule has 2 rings (SSSR count). The van der Waals surface area contributed by atoms with E-state index in [2.05, 4.69) is 10.6 Å². The molecule has 1 aromatic rings. The second kappa shape index (κ2) is 7.04. The number of hydrogen-bond acceptors (Lipinski definition) is 4. The number of benzene rings is 1. The Labute approximate surface area is 126 Å². The summed E-state index contributed by atoms with van der Waals surface area (Å²) in [5, 5.41) is 6.17. The van der Waals surface area contributed by atoms with Gasteiger partial charge in [0.05, 0.1) is 4.90 Å². The van der Waals surface area contributed by atoms with E-state index in [0.29, 0.717) is 18.2 Å². The van der Waals surface area contributed by atoms with Crippen molar-refractivity contribution in [2.45, 2.75) is 43.0 Å². The first kappa shape index (κ1) is 16.0. The zero-order chi connectivity index (χ0) is 15.3. The van der Waals surface area contributed by atoms with Gasteiger partial charge in [-0.25, -0.2) is 8.42 Å². The molecule has 5 nitrogen and oxygen atoms in total. The van der Waals surface area contributed by atoms with Crippen LogP contribution in [-0.2, 0) is 14.6 Å². The summed E-state index contributed by atoms with van der Waals surface area (Å²) in [6, 6.07) is 6.77. The van der Waals surface area contributed by atoms with Crippen molar-refractivity contribution in [3.63, 3.8) is 0 Å². The highest BCUT2D eigenvalue weighted by Crippen LogP contribution is 2.16. The van der Waals surface area contributed by atoms with E-state index < -0.39 is 9.84 Å². The number of nitrogens with one attached hydrogen (secondary N) is 2. The Bertz CT molecular complexity index is 593. The fraction of sp³-hybridized carbons (Fsp3) is 0.533. The number of piperidine rings is 1. The van der Waals surface area contributed by atoms with E-state index in [9.17, 15) is 13.2 Å². The molecule has 1 atom stereocenters. The van der Waals surface area contributed by atoms with E-state index in [4.69, 9.17) is 0 Å². The third-order valence-corrected chi connectivity index (χ3v) is 4.79. The number of rotatable bonds is 5. The second-order valence-electron chi connectivity index (χ2n) is 5.53. The Morgan fingerprint density at radius 3 is 2.86 bits per heavy atom. The van der Waals surface area contributed by atoms with E-state index in [1.807, 2.05) is 0 Å². The van der Waals surface area contributed by atoms with Gasteiger partial charge >= 0.3 is 0 Å². The minimum atomic E-state index is -3.25. The van der Waals surface area contributed by atoms with Gasteiger partial charge in [0.15, 0.2) is 9.84 Å². The van der Waals surface area contributed by atoms with Gasteiger partial charge in [-0.1, -0.05) is 12.5 Å². The molecular weight excluding hydrogens is 288 g/mol. The van der Waals surface area contributed by atoms with Crippen LogP contribution in [0, 0.1) is 0 Å². The fourth-order valence-electron chi connectivity index (χ4n) is 2.50. The monoisotopic (exact) mass is 310 g/mol. The molecule has 1 aliphatic heterocycles. The van der Waals surface area contributed by atoms with Crippen LogP contribution in [0.15, 0.2) is 29.2 Å². The van der Waals surface area contributed by atoms with Crippen molar-refractivity contribution in [2.24, 2.45) is 0 Å². The van der Waals surface area contributed by atoms with Crippen LogP contribution >= 0.6 is 0 Å². The first-order valence-electron chi connectivity index (χ1n) is 7.28. The molecule has 1 aromatic carbocycles. The van der Waals surface area contributed by atoms with Crippen LogP contribution in [0.25, 0.3) is 0 Å². The number of carbonyl (C=O) groups is 1. The van der Waals surface area contributed by atoms with Gasteiger partial charge in [-0.15, -0.1) is 0 Å². The van der Waals surface area contributed by atoms with Crippen molar-refractivity contribution in [2.75, 3.05) is 18.1 Å². The van der Waals surface area contributed by atoms with Gasteiger partial charge in [-0.05, 0) is 44.0 Å². The minimum Gasteiger partial charge on any atom is -0.326 e. The first-order chi connectivity index (χ1) is 9.95. The normalized spacial score (nSPS) is 19.2. The van der Waals surface area contributed by atoms with Gasteiger partial charge in [0.1, 0.15) is 0 Å². The molecular formula is C15H22N2O3S. The molecule has 21 heavy (non-hydrogen) atoms. The summed E-state index contributed by atoms with van der Waals surface area (Å²) in [6.45, 7) is 1.03. The summed E-state index contributed by atoms with van der Waals surface area (Å²) in [5.74, 6) is -0.0759. The molecule has 1 amide bonds. The molecule has 1 fully saturated rings. The van der Waals surface area contributed by atoms with E-state index >= 15 is 0 Å². The van der Waals surface area contributed by atoms with Gasteiger partial charge in [0.25, 0.3) is 0 Å². The van der Waals surface area contributed by atoms with Crippen LogP contribution in [0.4, 0.5) is 5.69 Å². The molecule has 0 bridgehead atoms. The summed E-state index contributed by atoms with van der Waals surface area (Å²) in [4.78, 5) is 12.1. The Hall–Kier alpha value is -1.40. The Morgan fingerprint density at radius 2 is 2.19 bits per heavy atom. The van der Waals surface area contributed by atoms with E-state index in [0.717, 1.165) is 25.6 Å². The maximum absolute atomic E-state index is 11.9. The highest BCUT2D eigenvalue weighted by atomic mass is 32.2. The Balaban J connectivity index is 1.87. The van der Waals surface area contributed by atoms with Crippen LogP contribution < -0.4 is 10.6 Å². The number of anilines is 1. The summed E-state index contributed by atoms with van der Waals surface area (Å²) in [7, 11) is -3.25. The molecule has 1 saturated heterocycles. The Kier molecular flexibility index (Phi) is 5.36. The molecule has 0 spiro atoms. The lowest BCUT2D eigenvalue weighted by atomic mass is 10.0. The predicted molar refractivity (Wildman–Crippen MR) is 83.1 cm³/mol. The largest absolute Gasteiger partial charge is 0.326 e. The number of sulfone groups is 1. The second-order valence-corrected chi connectivity index (χ2v) is 7.55. The average Bonchev–Trinajstić information content (AvgIpc) is 2.46. The SMILES string of the molecule is CS(=O)(=O)c1cccc(NC(=O)CCC2CCCCN2)c1. The fourth-order valence-corrected chi connectivity index (χ4v) is 3.17. The highest BCUT2D eigenvalue weighted by Gasteiger charge is 2.14. The zero-order valence-electron chi connectivity index (χ0n) is 12.3. The van der Waals surface area contributed by atoms with Gasteiger partial charge in [-0.3, -0.25) is 4.79 Å². The van der Waals surface area contributed by atoms with Crippen molar-refractivity contribution in [3.8, 4) is 0 Å². The van der Waals surface area contributed by atoms with Crippen LogP contribution in [-0.4, -0.2) is 33.2 Å². The zero-order valence-corrected chi connectivity index (χ0v) is 13.1. The molecule has 1 aliphatic rings. The molecule has 0 aliphatic carbocycles. The molecule has 1 heterocycles. The Morgan fingerprint density at radius 1 is 1.38 bits per heavy atom. The number of amides is 1. The molecule has 116 valence electrons. The topological polar surface area (TPSA) is 75.3 Å². The van der Waals surface area contributed by atoms with E-state index in [1.165, 1.54) is 25.0 Å². The molecule has 0 saturated carbocycles. The van der Waals surface area contributed by atoms with E-state index in [1.54, 1.807) is 12.1 Å².